The van der Waals surface area contributed by atoms with Crippen LogP contribution < -0.4 is 10.5 Å². The molecule has 1 aromatic rings. The van der Waals surface area contributed by atoms with Gasteiger partial charge in [-0.2, -0.15) is 0 Å². The van der Waals surface area contributed by atoms with Gasteiger partial charge in [0.05, 0.1) is 4.88 Å². The van der Waals surface area contributed by atoms with Gasteiger partial charge in [0.15, 0.2) is 0 Å². The zero-order chi connectivity index (χ0) is 7.84. The van der Waals surface area contributed by atoms with Gasteiger partial charge in [-0.3, -0.25) is 0 Å². The number of rotatable bonds is 0. The van der Waals surface area contributed by atoms with E-state index in [0.29, 0.717) is 0 Å². The van der Waals surface area contributed by atoms with Crippen LogP contribution in [0.3, 0.4) is 0 Å². The van der Waals surface area contributed by atoms with Crippen LogP contribution in [-0.2, 0) is 12.8 Å². The monoisotopic (exact) mass is 169 g/mol. The molecule has 1 aromatic heterocycles. The lowest BCUT2D eigenvalue weighted by atomic mass is 10.0. The first-order valence-corrected chi connectivity index (χ1v) is 4.89. The Morgan fingerprint density at radius 2 is 2.09 bits per heavy atom. The third-order valence-electron chi connectivity index (χ3n) is 2.29. The van der Waals surface area contributed by atoms with Gasteiger partial charge < -0.3 is 0 Å². The standard InChI is InChI=1S/C8H13N2S/c1-6-10(9)7-4-2-3-5-8(7)11-6/h2-5,9H2,1H3/q+1. The van der Waals surface area contributed by atoms with Crippen molar-refractivity contribution in [1.82, 2.24) is 0 Å². The molecular weight excluding hydrogens is 156 g/mol. The van der Waals surface area contributed by atoms with Crippen LogP contribution in [0.25, 0.3) is 0 Å². The van der Waals surface area contributed by atoms with Crippen molar-refractivity contribution in [3.63, 3.8) is 0 Å². The van der Waals surface area contributed by atoms with Gasteiger partial charge in [0.1, 0.15) is 0 Å². The molecule has 3 heteroatoms. The Balaban J connectivity index is 2.50. The molecule has 1 heterocycles. The van der Waals surface area contributed by atoms with E-state index in [1.165, 1.54) is 41.3 Å². The molecule has 0 aromatic carbocycles. The summed E-state index contributed by atoms with van der Waals surface area (Å²) < 4.78 is 1.86. The Kier molecular flexibility index (Phi) is 1.60. The highest BCUT2D eigenvalue weighted by molar-refractivity contribution is 7.11. The van der Waals surface area contributed by atoms with Crippen molar-refractivity contribution in [2.24, 2.45) is 0 Å². The van der Waals surface area contributed by atoms with Crippen LogP contribution >= 0.6 is 11.3 Å². The van der Waals surface area contributed by atoms with Gasteiger partial charge in [-0.15, -0.1) is 0 Å². The Bertz CT molecular complexity index is 278. The fourth-order valence-corrected chi connectivity index (χ4v) is 2.77. The molecule has 1 aliphatic carbocycles. The minimum atomic E-state index is 1.18. The molecule has 2 N–H and O–H groups in total. The van der Waals surface area contributed by atoms with Crippen molar-refractivity contribution in [1.29, 1.82) is 0 Å². The SMILES string of the molecule is Cc1sc2c([n+]1N)CCCC2. The minimum absolute atomic E-state index is 1.18. The summed E-state index contributed by atoms with van der Waals surface area (Å²) in [5.41, 5.74) is 1.37. The van der Waals surface area contributed by atoms with E-state index in [1.807, 2.05) is 16.0 Å². The van der Waals surface area contributed by atoms with Gasteiger partial charge in [-0.05, 0) is 19.3 Å². The van der Waals surface area contributed by atoms with Gasteiger partial charge in [-0.25, -0.2) is 5.84 Å². The van der Waals surface area contributed by atoms with Gasteiger partial charge in [0.25, 0.3) is 5.01 Å². The highest BCUT2D eigenvalue weighted by Crippen LogP contribution is 2.23. The number of nitrogens with zero attached hydrogens (tertiary/aromatic N) is 1. The van der Waals surface area contributed by atoms with Crippen molar-refractivity contribution in [2.75, 3.05) is 5.84 Å². The number of nitrogens with two attached hydrogens (primary N) is 1. The molecule has 0 saturated heterocycles. The van der Waals surface area contributed by atoms with Crippen LogP contribution in [-0.4, -0.2) is 0 Å². The molecule has 0 amide bonds. The average molecular weight is 169 g/mol. The van der Waals surface area contributed by atoms with E-state index in [1.54, 1.807) is 0 Å². The quantitative estimate of drug-likeness (QED) is 0.454. The van der Waals surface area contributed by atoms with Gasteiger partial charge in [-0.1, -0.05) is 16.0 Å². The van der Waals surface area contributed by atoms with E-state index >= 15 is 0 Å². The zero-order valence-corrected chi connectivity index (χ0v) is 7.58. The van der Waals surface area contributed by atoms with E-state index in [9.17, 15) is 0 Å². The summed E-state index contributed by atoms with van der Waals surface area (Å²) in [6, 6.07) is 0. The van der Waals surface area contributed by atoms with E-state index in [0.717, 1.165) is 0 Å². The lowest BCUT2D eigenvalue weighted by molar-refractivity contribution is -0.648. The van der Waals surface area contributed by atoms with E-state index in [4.69, 9.17) is 5.84 Å². The molecular formula is C8H13N2S+. The molecule has 60 valence electrons. The average Bonchev–Trinajstić information content (AvgIpc) is 2.30. The Labute approximate surface area is 70.6 Å². The number of nitrogen functional groups attached to an aromatic ring is 1. The van der Waals surface area contributed by atoms with E-state index < -0.39 is 0 Å². The molecule has 0 unspecified atom stereocenters. The molecule has 0 aliphatic heterocycles. The van der Waals surface area contributed by atoms with Crippen molar-refractivity contribution in [2.45, 2.75) is 32.6 Å². The first-order valence-electron chi connectivity index (χ1n) is 4.07. The molecule has 2 rings (SSSR count). The van der Waals surface area contributed by atoms with Crippen LogP contribution in [0.4, 0.5) is 0 Å². The zero-order valence-electron chi connectivity index (χ0n) is 6.76. The first-order chi connectivity index (χ1) is 5.29. The third-order valence-corrected chi connectivity index (χ3v) is 3.47. The van der Waals surface area contributed by atoms with E-state index in [2.05, 4.69) is 6.92 Å². The molecule has 0 fully saturated rings. The van der Waals surface area contributed by atoms with Crippen molar-refractivity contribution < 1.29 is 4.68 Å². The third kappa shape index (κ3) is 1.03. The van der Waals surface area contributed by atoms with Crippen molar-refractivity contribution in [3.8, 4) is 0 Å². The number of aromatic nitrogens is 1. The highest BCUT2D eigenvalue weighted by Gasteiger charge is 2.24. The number of fused-ring (bicyclic) bond motifs is 1. The summed E-state index contributed by atoms with van der Waals surface area (Å²) in [7, 11) is 0. The van der Waals surface area contributed by atoms with Crippen molar-refractivity contribution in [3.05, 3.63) is 15.6 Å². The number of hydrogen-bond acceptors (Lipinski definition) is 2. The predicted molar refractivity (Wildman–Crippen MR) is 46.0 cm³/mol. The maximum Gasteiger partial charge on any atom is 0.263 e. The molecule has 0 radical (unpaired) electrons. The van der Waals surface area contributed by atoms with Gasteiger partial charge in [0.2, 0.25) is 5.69 Å². The second-order valence-corrected chi connectivity index (χ2v) is 4.36. The molecule has 11 heavy (non-hydrogen) atoms. The number of hydrogen-bond donors (Lipinski definition) is 1. The molecule has 2 nitrogen and oxygen atoms in total. The lowest BCUT2D eigenvalue weighted by Crippen LogP contribution is -2.49. The summed E-state index contributed by atoms with van der Waals surface area (Å²) in [5, 5.41) is 1.23. The fraction of sp³-hybridized carbons (Fsp3) is 0.625. The van der Waals surface area contributed by atoms with Crippen molar-refractivity contribution >= 4 is 11.3 Å². The van der Waals surface area contributed by atoms with Crippen LogP contribution in [0.1, 0.15) is 28.4 Å². The second kappa shape index (κ2) is 2.48. The smallest absolute Gasteiger partial charge is 0.204 e. The van der Waals surface area contributed by atoms with Crippen LogP contribution in [0.5, 0.6) is 0 Å². The van der Waals surface area contributed by atoms with E-state index in [-0.39, 0.29) is 0 Å². The largest absolute Gasteiger partial charge is 0.263 e. The molecule has 0 spiro atoms. The Morgan fingerprint density at radius 3 is 2.82 bits per heavy atom. The van der Waals surface area contributed by atoms with Crippen LogP contribution in [0.15, 0.2) is 0 Å². The number of aryl methyl sites for hydroxylation is 2. The topological polar surface area (TPSA) is 29.9 Å². The summed E-state index contributed by atoms with van der Waals surface area (Å²) in [4.78, 5) is 1.51. The lowest BCUT2D eigenvalue weighted by Gasteiger charge is -2.04. The van der Waals surface area contributed by atoms with Gasteiger partial charge >= 0.3 is 0 Å². The summed E-state index contributed by atoms with van der Waals surface area (Å²) in [6.07, 6.45) is 5.06. The minimum Gasteiger partial charge on any atom is -0.204 e. The fourth-order valence-electron chi connectivity index (χ4n) is 1.64. The molecule has 0 atom stereocenters. The Morgan fingerprint density at radius 1 is 1.36 bits per heavy atom. The predicted octanol–water partition coefficient (Wildman–Crippen LogP) is 0.937. The molecule has 0 bridgehead atoms. The Hall–Kier alpha value is -0.570. The normalized spacial score (nSPS) is 16.5. The maximum absolute atomic E-state index is 5.85. The second-order valence-electron chi connectivity index (χ2n) is 3.07. The summed E-state index contributed by atoms with van der Waals surface area (Å²) >= 11 is 1.85. The van der Waals surface area contributed by atoms with Gasteiger partial charge in [0, 0.05) is 13.3 Å². The highest BCUT2D eigenvalue weighted by atomic mass is 32.1. The van der Waals surface area contributed by atoms with Crippen LogP contribution in [0.2, 0.25) is 0 Å². The summed E-state index contributed by atoms with van der Waals surface area (Å²) in [5.74, 6) is 5.85. The first kappa shape index (κ1) is 7.10. The number of thiazole rings is 1. The molecule has 1 aliphatic rings. The maximum atomic E-state index is 5.85. The summed E-state index contributed by atoms with van der Waals surface area (Å²) in [6.45, 7) is 2.09. The molecule has 0 saturated carbocycles. The van der Waals surface area contributed by atoms with Crippen LogP contribution in [0, 0.1) is 6.92 Å².